The molecule has 1 amide bonds. The molecule has 1 N–H and O–H groups in total. The van der Waals surface area contributed by atoms with Gasteiger partial charge in [0.05, 0.1) is 22.3 Å². The van der Waals surface area contributed by atoms with Crippen molar-refractivity contribution < 1.29 is 4.79 Å². The van der Waals surface area contributed by atoms with Crippen molar-refractivity contribution in [1.29, 1.82) is 5.26 Å². The van der Waals surface area contributed by atoms with Crippen LogP contribution in [-0.4, -0.2) is 5.91 Å². The molecule has 0 aliphatic heterocycles. The summed E-state index contributed by atoms with van der Waals surface area (Å²) in [6.07, 6.45) is 0. The number of aryl methyl sites for hydroxylation is 2. The van der Waals surface area contributed by atoms with Crippen LogP contribution in [0.3, 0.4) is 0 Å². The maximum Gasteiger partial charge on any atom is 0.255 e. The molecule has 0 aliphatic carbocycles. The molecule has 0 spiro atoms. The highest BCUT2D eigenvalue weighted by molar-refractivity contribution is 6.34. The van der Waals surface area contributed by atoms with Gasteiger partial charge in [0.1, 0.15) is 0 Å². The Morgan fingerprint density at radius 1 is 1.20 bits per heavy atom. The Morgan fingerprint density at radius 3 is 2.60 bits per heavy atom. The fourth-order valence-corrected chi connectivity index (χ4v) is 2.11. The summed E-state index contributed by atoms with van der Waals surface area (Å²) in [5.74, 6) is -0.237. The average molecular weight is 285 g/mol. The van der Waals surface area contributed by atoms with E-state index in [1.54, 1.807) is 24.3 Å². The number of carbonyl (C=O) groups is 1. The molecular weight excluding hydrogens is 272 g/mol. The summed E-state index contributed by atoms with van der Waals surface area (Å²) in [7, 11) is 0. The van der Waals surface area contributed by atoms with Crippen LogP contribution in [0.25, 0.3) is 0 Å². The number of nitriles is 1. The zero-order valence-corrected chi connectivity index (χ0v) is 12.0. The molecule has 0 aromatic heterocycles. The number of benzene rings is 2. The minimum Gasteiger partial charge on any atom is -0.321 e. The summed E-state index contributed by atoms with van der Waals surface area (Å²) in [5, 5.41) is 12.0. The van der Waals surface area contributed by atoms with Gasteiger partial charge in [-0.15, -0.1) is 0 Å². The molecule has 2 rings (SSSR count). The lowest BCUT2D eigenvalue weighted by atomic mass is 10.1. The lowest BCUT2D eigenvalue weighted by Crippen LogP contribution is -2.13. The van der Waals surface area contributed by atoms with Crippen molar-refractivity contribution in [2.75, 3.05) is 5.32 Å². The van der Waals surface area contributed by atoms with Crippen molar-refractivity contribution in [3.63, 3.8) is 0 Å². The Labute approximate surface area is 122 Å². The second-order valence-electron chi connectivity index (χ2n) is 4.58. The molecule has 0 unspecified atom stereocenters. The third-order valence-electron chi connectivity index (χ3n) is 2.97. The molecule has 0 heterocycles. The molecule has 0 fully saturated rings. The van der Waals surface area contributed by atoms with Crippen LogP contribution in [0.1, 0.15) is 27.0 Å². The summed E-state index contributed by atoms with van der Waals surface area (Å²) in [6, 6.07) is 12.4. The van der Waals surface area contributed by atoms with Crippen molar-refractivity contribution in [2.45, 2.75) is 13.8 Å². The van der Waals surface area contributed by atoms with Crippen molar-refractivity contribution in [1.82, 2.24) is 0 Å². The number of amides is 1. The quantitative estimate of drug-likeness (QED) is 0.903. The molecule has 0 aliphatic rings. The zero-order chi connectivity index (χ0) is 14.7. The van der Waals surface area contributed by atoms with Gasteiger partial charge in [0.15, 0.2) is 0 Å². The summed E-state index contributed by atoms with van der Waals surface area (Å²) in [6.45, 7) is 3.86. The molecule has 0 radical (unpaired) electrons. The number of nitrogens with zero attached hydrogens (tertiary/aromatic N) is 1. The number of anilines is 1. The molecule has 100 valence electrons. The first-order valence-electron chi connectivity index (χ1n) is 6.09. The summed E-state index contributed by atoms with van der Waals surface area (Å²) in [5.41, 5.74) is 3.48. The highest BCUT2D eigenvalue weighted by atomic mass is 35.5. The second kappa shape index (κ2) is 5.77. The summed E-state index contributed by atoms with van der Waals surface area (Å²) >= 11 is 6.03. The van der Waals surface area contributed by atoms with Crippen molar-refractivity contribution >= 4 is 23.2 Å². The molecular formula is C16H13ClN2O. The van der Waals surface area contributed by atoms with Crippen LogP contribution in [0.2, 0.25) is 5.02 Å². The fourth-order valence-electron chi connectivity index (χ4n) is 1.95. The van der Waals surface area contributed by atoms with Gasteiger partial charge >= 0.3 is 0 Å². The van der Waals surface area contributed by atoms with E-state index in [0.29, 0.717) is 21.8 Å². The van der Waals surface area contributed by atoms with Crippen LogP contribution in [0.15, 0.2) is 36.4 Å². The highest BCUT2D eigenvalue weighted by Crippen LogP contribution is 2.24. The Kier molecular flexibility index (Phi) is 4.07. The van der Waals surface area contributed by atoms with Gasteiger partial charge in [-0.25, -0.2) is 0 Å². The van der Waals surface area contributed by atoms with Gasteiger partial charge in [-0.3, -0.25) is 4.79 Å². The number of rotatable bonds is 2. The normalized spacial score (nSPS) is 9.90. The van der Waals surface area contributed by atoms with Crippen molar-refractivity contribution in [3.8, 4) is 6.07 Å². The minimum atomic E-state index is -0.237. The van der Waals surface area contributed by atoms with Gasteiger partial charge in [0.25, 0.3) is 5.91 Å². The SMILES string of the molecule is Cc1ccc(C(=O)Nc2cc(C#N)ccc2Cl)c(C)c1. The highest BCUT2D eigenvalue weighted by Gasteiger charge is 2.11. The largest absolute Gasteiger partial charge is 0.321 e. The molecule has 0 saturated heterocycles. The topological polar surface area (TPSA) is 52.9 Å². The number of hydrogen-bond donors (Lipinski definition) is 1. The van der Waals surface area contributed by atoms with Crippen LogP contribution in [0.5, 0.6) is 0 Å². The van der Waals surface area contributed by atoms with Crippen LogP contribution < -0.4 is 5.32 Å². The van der Waals surface area contributed by atoms with Crippen molar-refractivity contribution in [3.05, 3.63) is 63.7 Å². The first-order chi connectivity index (χ1) is 9.51. The Hall–Kier alpha value is -2.31. The molecule has 0 saturated carbocycles. The molecule has 3 nitrogen and oxygen atoms in total. The molecule has 0 bridgehead atoms. The lowest BCUT2D eigenvalue weighted by Gasteiger charge is -2.10. The van der Waals surface area contributed by atoms with E-state index in [-0.39, 0.29) is 5.91 Å². The van der Waals surface area contributed by atoms with E-state index in [2.05, 4.69) is 5.32 Å². The van der Waals surface area contributed by atoms with E-state index < -0.39 is 0 Å². The Morgan fingerprint density at radius 2 is 1.95 bits per heavy atom. The third kappa shape index (κ3) is 2.98. The minimum absolute atomic E-state index is 0.237. The summed E-state index contributed by atoms with van der Waals surface area (Å²) < 4.78 is 0. The lowest BCUT2D eigenvalue weighted by molar-refractivity contribution is 0.102. The maximum atomic E-state index is 12.2. The first-order valence-corrected chi connectivity index (χ1v) is 6.47. The number of nitrogens with one attached hydrogen (secondary N) is 1. The van der Waals surface area contributed by atoms with Gasteiger partial charge < -0.3 is 5.32 Å². The standard InChI is InChI=1S/C16H13ClN2O/c1-10-3-5-13(11(2)7-10)16(20)19-15-8-12(9-18)4-6-14(15)17/h3-8H,1-2H3,(H,19,20). The van der Waals surface area contributed by atoms with E-state index in [1.807, 2.05) is 32.0 Å². The maximum absolute atomic E-state index is 12.2. The van der Waals surface area contributed by atoms with E-state index in [9.17, 15) is 4.79 Å². The van der Waals surface area contributed by atoms with Crippen LogP contribution in [-0.2, 0) is 0 Å². The monoisotopic (exact) mass is 284 g/mol. The smallest absolute Gasteiger partial charge is 0.255 e. The number of hydrogen-bond acceptors (Lipinski definition) is 2. The van der Waals surface area contributed by atoms with Gasteiger partial charge in [-0.05, 0) is 43.7 Å². The Bertz CT molecular complexity index is 717. The number of halogens is 1. The molecule has 0 atom stereocenters. The molecule has 4 heteroatoms. The van der Waals surface area contributed by atoms with E-state index in [4.69, 9.17) is 16.9 Å². The molecule has 2 aromatic rings. The second-order valence-corrected chi connectivity index (χ2v) is 4.99. The van der Waals surface area contributed by atoms with Gasteiger partial charge in [-0.1, -0.05) is 29.3 Å². The third-order valence-corrected chi connectivity index (χ3v) is 3.30. The molecule has 20 heavy (non-hydrogen) atoms. The van der Waals surface area contributed by atoms with Crippen LogP contribution >= 0.6 is 11.6 Å². The van der Waals surface area contributed by atoms with Crippen LogP contribution in [0.4, 0.5) is 5.69 Å². The van der Waals surface area contributed by atoms with E-state index >= 15 is 0 Å². The first kappa shape index (κ1) is 14.1. The summed E-state index contributed by atoms with van der Waals surface area (Å²) in [4.78, 5) is 12.2. The van der Waals surface area contributed by atoms with Gasteiger partial charge in [0.2, 0.25) is 0 Å². The van der Waals surface area contributed by atoms with E-state index in [0.717, 1.165) is 11.1 Å². The van der Waals surface area contributed by atoms with Gasteiger partial charge in [-0.2, -0.15) is 5.26 Å². The van der Waals surface area contributed by atoms with Gasteiger partial charge in [0, 0.05) is 5.56 Å². The van der Waals surface area contributed by atoms with Crippen molar-refractivity contribution in [2.24, 2.45) is 0 Å². The van der Waals surface area contributed by atoms with E-state index in [1.165, 1.54) is 0 Å². The Balaban J connectivity index is 2.30. The van der Waals surface area contributed by atoms with Crippen LogP contribution in [0, 0.1) is 25.2 Å². The predicted molar refractivity (Wildman–Crippen MR) is 80.0 cm³/mol. The zero-order valence-electron chi connectivity index (χ0n) is 11.2. The average Bonchev–Trinajstić information content (AvgIpc) is 2.41. The predicted octanol–water partition coefficient (Wildman–Crippen LogP) is 4.08. The number of carbonyl (C=O) groups excluding carboxylic acids is 1. The molecule has 2 aromatic carbocycles. The fraction of sp³-hybridized carbons (Fsp3) is 0.125.